The van der Waals surface area contributed by atoms with Crippen molar-refractivity contribution >= 4 is 0 Å². The monoisotopic (exact) mass is 209 g/mol. The van der Waals surface area contributed by atoms with E-state index in [1.165, 1.54) is 6.07 Å². The fourth-order valence-corrected chi connectivity index (χ4v) is 1.73. The lowest BCUT2D eigenvalue weighted by molar-refractivity contribution is 0.259. The fraction of sp³-hybridized carbons (Fsp3) is 0.500. The van der Waals surface area contributed by atoms with E-state index in [1.54, 1.807) is 13.0 Å². The van der Waals surface area contributed by atoms with Gasteiger partial charge in [-0.1, -0.05) is 6.07 Å². The number of rotatable bonds is 3. The van der Waals surface area contributed by atoms with Crippen LogP contribution in [-0.4, -0.2) is 19.7 Å². The third-order valence-corrected chi connectivity index (χ3v) is 2.79. The van der Waals surface area contributed by atoms with Crippen LogP contribution in [-0.2, 0) is 0 Å². The molecule has 1 unspecified atom stereocenters. The predicted octanol–water partition coefficient (Wildman–Crippen LogP) is 2.12. The summed E-state index contributed by atoms with van der Waals surface area (Å²) in [6.45, 7) is 4.50. The van der Waals surface area contributed by atoms with Crippen molar-refractivity contribution in [1.82, 2.24) is 5.32 Å². The normalized spacial score (nSPS) is 20.5. The Labute approximate surface area is 89.4 Å². The van der Waals surface area contributed by atoms with E-state index in [0.29, 0.717) is 23.8 Å². The first-order valence-corrected chi connectivity index (χ1v) is 5.35. The third-order valence-electron chi connectivity index (χ3n) is 2.79. The lowest BCUT2D eigenvalue weighted by Gasteiger charge is -2.11. The SMILES string of the molecule is Cc1ccc(OCC2CCNC2)cc1F. The quantitative estimate of drug-likeness (QED) is 0.823. The first-order valence-electron chi connectivity index (χ1n) is 5.35. The second-order valence-corrected chi connectivity index (χ2v) is 4.08. The molecule has 0 spiro atoms. The zero-order valence-electron chi connectivity index (χ0n) is 8.92. The second-order valence-electron chi connectivity index (χ2n) is 4.08. The van der Waals surface area contributed by atoms with Crippen LogP contribution in [0.25, 0.3) is 0 Å². The summed E-state index contributed by atoms with van der Waals surface area (Å²) in [6, 6.07) is 5.02. The van der Waals surface area contributed by atoms with Crippen molar-refractivity contribution in [3.05, 3.63) is 29.6 Å². The summed E-state index contributed by atoms with van der Waals surface area (Å²) in [5.74, 6) is 0.997. The highest BCUT2D eigenvalue weighted by Gasteiger charge is 2.14. The topological polar surface area (TPSA) is 21.3 Å². The summed E-state index contributed by atoms with van der Waals surface area (Å²) < 4.78 is 18.7. The highest BCUT2D eigenvalue weighted by Crippen LogP contribution is 2.17. The molecule has 1 atom stereocenters. The van der Waals surface area contributed by atoms with Gasteiger partial charge >= 0.3 is 0 Å². The van der Waals surface area contributed by atoms with E-state index >= 15 is 0 Å². The average Bonchev–Trinajstić information content (AvgIpc) is 2.73. The zero-order valence-corrected chi connectivity index (χ0v) is 8.92. The molecule has 1 aromatic carbocycles. The fourth-order valence-electron chi connectivity index (χ4n) is 1.73. The van der Waals surface area contributed by atoms with Crippen LogP contribution in [0.2, 0.25) is 0 Å². The molecule has 0 aromatic heterocycles. The third kappa shape index (κ3) is 2.69. The summed E-state index contributed by atoms with van der Waals surface area (Å²) in [4.78, 5) is 0. The first-order chi connectivity index (χ1) is 7.25. The lowest BCUT2D eigenvalue weighted by Crippen LogP contribution is -2.15. The molecule has 1 heterocycles. The van der Waals surface area contributed by atoms with E-state index in [1.807, 2.05) is 6.07 Å². The molecule has 1 N–H and O–H groups in total. The van der Waals surface area contributed by atoms with E-state index in [4.69, 9.17) is 4.74 Å². The Morgan fingerprint density at radius 1 is 1.53 bits per heavy atom. The van der Waals surface area contributed by atoms with E-state index in [2.05, 4.69) is 5.32 Å². The van der Waals surface area contributed by atoms with Gasteiger partial charge in [-0.05, 0) is 31.5 Å². The molecule has 0 saturated carbocycles. The minimum atomic E-state index is -0.197. The summed E-state index contributed by atoms with van der Waals surface area (Å²) in [5, 5.41) is 3.28. The highest BCUT2D eigenvalue weighted by molar-refractivity contribution is 5.27. The van der Waals surface area contributed by atoms with Crippen LogP contribution in [0.5, 0.6) is 5.75 Å². The minimum absolute atomic E-state index is 0.197. The van der Waals surface area contributed by atoms with Gasteiger partial charge in [0.05, 0.1) is 6.61 Å². The summed E-state index contributed by atoms with van der Waals surface area (Å²) >= 11 is 0. The number of aryl methyl sites for hydroxylation is 1. The number of ether oxygens (including phenoxy) is 1. The maximum Gasteiger partial charge on any atom is 0.129 e. The summed E-state index contributed by atoms with van der Waals surface area (Å²) in [5.41, 5.74) is 0.657. The van der Waals surface area contributed by atoms with Crippen molar-refractivity contribution < 1.29 is 9.13 Å². The first kappa shape index (κ1) is 10.4. The minimum Gasteiger partial charge on any atom is -0.493 e. The molecule has 15 heavy (non-hydrogen) atoms. The van der Waals surface area contributed by atoms with Gasteiger partial charge in [-0.15, -0.1) is 0 Å². The van der Waals surface area contributed by atoms with Gasteiger partial charge in [0.1, 0.15) is 11.6 Å². The molecule has 1 aliphatic heterocycles. The molecule has 1 fully saturated rings. The zero-order chi connectivity index (χ0) is 10.7. The average molecular weight is 209 g/mol. The van der Waals surface area contributed by atoms with Crippen LogP contribution >= 0.6 is 0 Å². The van der Waals surface area contributed by atoms with Crippen molar-refractivity contribution in [1.29, 1.82) is 0 Å². The predicted molar refractivity (Wildman–Crippen MR) is 57.6 cm³/mol. The van der Waals surface area contributed by atoms with Crippen LogP contribution in [0.15, 0.2) is 18.2 Å². The molecule has 0 radical (unpaired) electrons. The maximum absolute atomic E-state index is 13.2. The number of hydrogen-bond donors (Lipinski definition) is 1. The van der Waals surface area contributed by atoms with Crippen molar-refractivity contribution in [3.8, 4) is 5.75 Å². The second kappa shape index (κ2) is 4.62. The van der Waals surface area contributed by atoms with Crippen LogP contribution in [0, 0.1) is 18.7 Å². The number of benzene rings is 1. The Morgan fingerprint density at radius 3 is 3.07 bits per heavy atom. The van der Waals surface area contributed by atoms with Gasteiger partial charge in [0, 0.05) is 18.5 Å². The Bertz CT molecular complexity index is 334. The molecule has 0 bridgehead atoms. The van der Waals surface area contributed by atoms with E-state index in [0.717, 1.165) is 19.5 Å². The van der Waals surface area contributed by atoms with E-state index in [9.17, 15) is 4.39 Å². The van der Waals surface area contributed by atoms with Crippen LogP contribution in [0.3, 0.4) is 0 Å². The molecular formula is C12H16FNO. The van der Waals surface area contributed by atoms with Crippen molar-refractivity contribution in [3.63, 3.8) is 0 Å². The Kier molecular flexibility index (Phi) is 3.21. The maximum atomic E-state index is 13.2. The van der Waals surface area contributed by atoms with Gasteiger partial charge in [0.15, 0.2) is 0 Å². The van der Waals surface area contributed by atoms with E-state index in [-0.39, 0.29) is 5.82 Å². The Hall–Kier alpha value is -1.09. The number of hydrogen-bond acceptors (Lipinski definition) is 2. The molecule has 82 valence electrons. The van der Waals surface area contributed by atoms with Crippen molar-refractivity contribution in [2.45, 2.75) is 13.3 Å². The molecule has 0 amide bonds. The van der Waals surface area contributed by atoms with Crippen molar-refractivity contribution in [2.24, 2.45) is 5.92 Å². The molecule has 2 rings (SSSR count). The molecule has 0 aliphatic carbocycles. The molecule has 1 aromatic rings. The Morgan fingerprint density at radius 2 is 2.40 bits per heavy atom. The summed E-state index contributed by atoms with van der Waals surface area (Å²) in [6.07, 6.45) is 1.15. The standard InChI is InChI=1S/C12H16FNO/c1-9-2-3-11(6-12(9)13)15-8-10-4-5-14-7-10/h2-3,6,10,14H,4-5,7-8H2,1H3. The van der Waals surface area contributed by atoms with Gasteiger partial charge in [-0.3, -0.25) is 0 Å². The van der Waals surface area contributed by atoms with Gasteiger partial charge in [-0.2, -0.15) is 0 Å². The smallest absolute Gasteiger partial charge is 0.129 e. The van der Waals surface area contributed by atoms with E-state index < -0.39 is 0 Å². The highest BCUT2D eigenvalue weighted by atomic mass is 19.1. The lowest BCUT2D eigenvalue weighted by atomic mass is 10.1. The van der Waals surface area contributed by atoms with Crippen molar-refractivity contribution in [2.75, 3.05) is 19.7 Å². The molecular weight excluding hydrogens is 193 g/mol. The largest absolute Gasteiger partial charge is 0.493 e. The molecule has 3 heteroatoms. The Balaban J connectivity index is 1.90. The van der Waals surface area contributed by atoms with Gasteiger partial charge in [-0.25, -0.2) is 4.39 Å². The van der Waals surface area contributed by atoms with Crippen LogP contribution < -0.4 is 10.1 Å². The molecule has 1 aliphatic rings. The number of halogens is 1. The number of nitrogens with one attached hydrogen (secondary N) is 1. The van der Waals surface area contributed by atoms with Gasteiger partial charge < -0.3 is 10.1 Å². The van der Waals surface area contributed by atoms with Gasteiger partial charge in [0.2, 0.25) is 0 Å². The molecule has 1 saturated heterocycles. The molecule has 2 nitrogen and oxygen atoms in total. The van der Waals surface area contributed by atoms with Crippen LogP contribution in [0.1, 0.15) is 12.0 Å². The van der Waals surface area contributed by atoms with Gasteiger partial charge in [0.25, 0.3) is 0 Å². The summed E-state index contributed by atoms with van der Waals surface area (Å²) in [7, 11) is 0. The van der Waals surface area contributed by atoms with Crippen LogP contribution in [0.4, 0.5) is 4.39 Å².